The van der Waals surface area contributed by atoms with Gasteiger partial charge in [-0.1, -0.05) is 5.46 Å². The first-order valence-electron chi connectivity index (χ1n) is 10.5. The second-order valence-corrected chi connectivity index (χ2v) is 8.70. The Labute approximate surface area is 188 Å². The molecule has 0 bridgehead atoms. The second kappa shape index (κ2) is 8.65. The van der Waals surface area contributed by atoms with E-state index in [2.05, 4.69) is 10.1 Å². The molecule has 1 amide bonds. The van der Waals surface area contributed by atoms with Crippen LogP contribution in [0.15, 0.2) is 48.9 Å². The normalized spacial score (nSPS) is 14.5. The largest absolute Gasteiger partial charge is 0.444 e. The van der Waals surface area contributed by atoms with Crippen LogP contribution in [0.2, 0.25) is 0 Å². The van der Waals surface area contributed by atoms with E-state index in [0.717, 1.165) is 5.56 Å². The molecule has 1 saturated heterocycles. The Hall–Kier alpha value is -3.36. The molecule has 0 spiro atoms. The standard InChI is InChI=1S/C23H25BFN5O2/c1-23(2,3)32-22(31)29-12-10-28(11-13-29)20-5-4-17(14-19(20)25)30-15-18(24)21(27-30)16-6-8-26-9-7-16/h4-9,14-15H,10-13H2,1-3H3. The van der Waals surface area contributed by atoms with E-state index in [1.54, 1.807) is 40.3 Å². The fourth-order valence-electron chi connectivity index (χ4n) is 3.60. The molecule has 1 aliphatic heterocycles. The number of hydrogen-bond donors (Lipinski definition) is 0. The van der Waals surface area contributed by atoms with Gasteiger partial charge in [0, 0.05) is 56.4 Å². The molecule has 2 radical (unpaired) electrons. The molecule has 2 aromatic heterocycles. The summed E-state index contributed by atoms with van der Waals surface area (Å²) in [5.41, 5.74) is 2.49. The van der Waals surface area contributed by atoms with Crippen molar-refractivity contribution in [1.82, 2.24) is 19.7 Å². The molecule has 0 aliphatic carbocycles. The maximum atomic E-state index is 15.0. The fourth-order valence-corrected chi connectivity index (χ4v) is 3.60. The van der Waals surface area contributed by atoms with Crippen molar-refractivity contribution in [3.05, 3.63) is 54.7 Å². The van der Waals surface area contributed by atoms with Crippen LogP contribution in [0.3, 0.4) is 0 Å². The molecular formula is C23H25BFN5O2. The molecule has 7 nitrogen and oxygen atoms in total. The summed E-state index contributed by atoms with van der Waals surface area (Å²) < 4.78 is 22.0. The maximum absolute atomic E-state index is 15.0. The minimum absolute atomic E-state index is 0.339. The number of pyridine rings is 1. The lowest BCUT2D eigenvalue weighted by Gasteiger charge is -2.36. The third-order valence-electron chi connectivity index (χ3n) is 5.16. The number of halogens is 1. The first-order chi connectivity index (χ1) is 15.2. The molecule has 164 valence electrons. The number of hydrogen-bond acceptors (Lipinski definition) is 5. The number of carbonyl (C=O) groups excluding carboxylic acids is 1. The highest BCUT2D eigenvalue weighted by molar-refractivity contribution is 6.35. The number of benzene rings is 1. The number of ether oxygens (including phenoxy) is 1. The van der Waals surface area contributed by atoms with Gasteiger partial charge >= 0.3 is 6.09 Å². The van der Waals surface area contributed by atoms with Gasteiger partial charge in [-0.2, -0.15) is 5.10 Å². The summed E-state index contributed by atoms with van der Waals surface area (Å²) in [6.45, 7) is 7.51. The van der Waals surface area contributed by atoms with Gasteiger partial charge in [-0.3, -0.25) is 4.98 Å². The van der Waals surface area contributed by atoms with Crippen LogP contribution >= 0.6 is 0 Å². The van der Waals surface area contributed by atoms with Crippen LogP contribution in [0.25, 0.3) is 16.9 Å². The Bertz CT molecular complexity index is 1110. The van der Waals surface area contributed by atoms with Crippen molar-refractivity contribution in [2.75, 3.05) is 31.1 Å². The number of anilines is 1. The summed E-state index contributed by atoms with van der Waals surface area (Å²) in [6, 6.07) is 8.63. The summed E-state index contributed by atoms with van der Waals surface area (Å²) in [5.74, 6) is -0.354. The van der Waals surface area contributed by atoms with Gasteiger partial charge in [0.1, 0.15) is 19.3 Å². The van der Waals surface area contributed by atoms with Crippen molar-refractivity contribution in [2.24, 2.45) is 0 Å². The quantitative estimate of drug-likeness (QED) is 0.595. The molecule has 0 atom stereocenters. The second-order valence-electron chi connectivity index (χ2n) is 8.70. The van der Waals surface area contributed by atoms with Crippen molar-refractivity contribution in [1.29, 1.82) is 0 Å². The van der Waals surface area contributed by atoms with E-state index in [-0.39, 0.29) is 11.9 Å². The summed E-state index contributed by atoms with van der Waals surface area (Å²) in [5, 5.41) is 4.52. The van der Waals surface area contributed by atoms with Gasteiger partial charge in [-0.15, -0.1) is 0 Å². The van der Waals surface area contributed by atoms with Crippen LogP contribution in [-0.2, 0) is 4.74 Å². The van der Waals surface area contributed by atoms with E-state index in [4.69, 9.17) is 12.6 Å². The Morgan fingerprint density at radius 1 is 1.09 bits per heavy atom. The summed E-state index contributed by atoms with van der Waals surface area (Å²) in [6.07, 6.45) is 4.67. The lowest BCUT2D eigenvalue weighted by Crippen LogP contribution is -2.50. The Balaban J connectivity index is 1.46. The van der Waals surface area contributed by atoms with E-state index in [9.17, 15) is 4.79 Å². The molecule has 0 saturated carbocycles. The Morgan fingerprint density at radius 2 is 1.78 bits per heavy atom. The van der Waals surface area contributed by atoms with Crippen LogP contribution in [-0.4, -0.2) is 65.4 Å². The van der Waals surface area contributed by atoms with Gasteiger partial charge in [-0.25, -0.2) is 13.9 Å². The van der Waals surface area contributed by atoms with E-state index in [1.165, 1.54) is 6.07 Å². The number of piperazine rings is 1. The van der Waals surface area contributed by atoms with Crippen molar-refractivity contribution in [3.63, 3.8) is 0 Å². The van der Waals surface area contributed by atoms with Crippen LogP contribution in [0, 0.1) is 5.82 Å². The molecule has 1 aromatic carbocycles. The Kier molecular flexibility index (Phi) is 5.91. The van der Waals surface area contributed by atoms with Gasteiger partial charge in [0.25, 0.3) is 0 Å². The minimum Gasteiger partial charge on any atom is -0.444 e. The fraction of sp³-hybridized carbons (Fsp3) is 0.348. The average molecular weight is 433 g/mol. The van der Waals surface area contributed by atoms with Crippen molar-refractivity contribution in [3.8, 4) is 16.9 Å². The molecule has 32 heavy (non-hydrogen) atoms. The zero-order valence-corrected chi connectivity index (χ0v) is 18.5. The Morgan fingerprint density at radius 3 is 2.41 bits per heavy atom. The van der Waals surface area contributed by atoms with Crippen LogP contribution in [0.1, 0.15) is 20.8 Å². The zero-order valence-electron chi connectivity index (χ0n) is 18.5. The van der Waals surface area contributed by atoms with Crippen molar-refractivity contribution < 1.29 is 13.9 Å². The molecule has 0 unspecified atom stereocenters. The topological polar surface area (TPSA) is 63.5 Å². The minimum atomic E-state index is -0.538. The monoisotopic (exact) mass is 433 g/mol. The van der Waals surface area contributed by atoms with E-state index >= 15 is 4.39 Å². The molecule has 3 heterocycles. The first kappa shape index (κ1) is 21.9. The van der Waals surface area contributed by atoms with E-state index < -0.39 is 5.60 Å². The van der Waals surface area contributed by atoms with Gasteiger partial charge in [-0.05, 0) is 45.0 Å². The van der Waals surface area contributed by atoms with Crippen LogP contribution < -0.4 is 10.4 Å². The van der Waals surface area contributed by atoms with E-state index in [1.807, 2.05) is 37.8 Å². The number of nitrogens with zero attached hydrogens (tertiary/aromatic N) is 5. The highest BCUT2D eigenvalue weighted by atomic mass is 19.1. The predicted octanol–water partition coefficient (Wildman–Crippen LogP) is 2.92. The van der Waals surface area contributed by atoms with Gasteiger partial charge in [0.15, 0.2) is 0 Å². The molecule has 1 fully saturated rings. The highest BCUT2D eigenvalue weighted by Gasteiger charge is 2.27. The number of rotatable bonds is 3. The summed E-state index contributed by atoms with van der Waals surface area (Å²) >= 11 is 0. The molecular weight excluding hydrogens is 408 g/mol. The molecule has 1 aliphatic rings. The van der Waals surface area contributed by atoms with Crippen molar-refractivity contribution in [2.45, 2.75) is 26.4 Å². The maximum Gasteiger partial charge on any atom is 0.410 e. The summed E-state index contributed by atoms with van der Waals surface area (Å²) in [7, 11) is 6.12. The average Bonchev–Trinajstić information content (AvgIpc) is 3.15. The molecule has 0 N–H and O–H groups in total. The van der Waals surface area contributed by atoms with E-state index in [0.29, 0.717) is 48.7 Å². The molecule has 3 aromatic rings. The predicted molar refractivity (Wildman–Crippen MR) is 122 cm³/mol. The number of amides is 1. The van der Waals surface area contributed by atoms with Gasteiger partial charge < -0.3 is 14.5 Å². The van der Waals surface area contributed by atoms with Gasteiger partial charge in [0.05, 0.1) is 17.1 Å². The first-order valence-corrected chi connectivity index (χ1v) is 10.5. The smallest absolute Gasteiger partial charge is 0.410 e. The van der Waals surface area contributed by atoms with Crippen LogP contribution in [0.5, 0.6) is 0 Å². The SMILES string of the molecule is [B]c1cn(-c2ccc(N3CCN(C(=O)OC(C)(C)C)CC3)c(F)c2)nc1-c1ccncc1. The molecule has 4 rings (SSSR count). The summed E-state index contributed by atoms with van der Waals surface area (Å²) in [4.78, 5) is 19.8. The molecule has 9 heteroatoms. The lowest BCUT2D eigenvalue weighted by atomic mass is 9.94. The zero-order chi connectivity index (χ0) is 22.9. The van der Waals surface area contributed by atoms with Crippen molar-refractivity contribution >= 4 is 25.1 Å². The number of carbonyl (C=O) groups is 1. The number of aromatic nitrogens is 3. The lowest BCUT2D eigenvalue weighted by molar-refractivity contribution is 0.0240. The third kappa shape index (κ3) is 4.76. The third-order valence-corrected chi connectivity index (χ3v) is 5.16. The highest BCUT2D eigenvalue weighted by Crippen LogP contribution is 2.24. The van der Waals surface area contributed by atoms with Gasteiger partial charge in [0.2, 0.25) is 0 Å². The van der Waals surface area contributed by atoms with Crippen LogP contribution in [0.4, 0.5) is 14.9 Å².